The molecule has 4 rings (SSSR count). The molecule has 1 N–H and O–H groups in total. The first-order valence-electron chi connectivity index (χ1n) is 10.5. The van der Waals surface area contributed by atoms with Gasteiger partial charge in [0.05, 0.1) is 39.1 Å². The average molecular weight is 485 g/mol. The molecule has 3 aromatic carbocycles. The molecule has 0 saturated carbocycles. The standard InChI is InChI=1S/C25H22F3N3O4/c1-33-18-8-10-21-15(12-18)14-29-24(25(26,27)28)31(21)17-6-4-16(5-7-17)30-23(32)20-13-19(34-2)9-11-22(20)35-3/h4-13H,14H2,1-3H3,(H,30,32). The molecule has 1 heterocycles. The predicted molar refractivity (Wildman–Crippen MR) is 126 cm³/mol. The summed E-state index contributed by atoms with van der Waals surface area (Å²) in [6, 6.07) is 15.6. The van der Waals surface area contributed by atoms with Crippen LogP contribution in [0.25, 0.3) is 0 Å². The number of nitrogens with zero attached hydrogens (tertiary/aromatic N) is 2. The van der Waals surface area contributed by atoms with Crippen LogP contribution in [0.1, 0.15) is 15.9 Å². The molecule has 0 spiro atoms. The molecular formula is C25H22F3N3O4. The second-order valence-corrected chi connectivity index (χ2v) is 7.53. The molecule has 1 amide bonds. The minimum absolute atomic E-state index is 0.117. The Bertz CT molecular complexity index is 1270. The fourth-order valence-electron chi connectivity index (χ4n) is 3.74. The van der Waals surface area contributed by atoms with Crippen molar-refractivity contribution < 1.29 is 32.2 Å². The number of methoxy groups -OCH3 is 3. The normalized spacial score (nSPS) is 13.0. The molecule has 0 aliphatic carbocycles. The highest BCUT2D eigenvalue weighted by atomic mass is 19.4. The fourth-order valence-corrected chi connectivity index (χ4v) is 3.74. The number of aliphatic imine (C=N–C) groups is 1. The van der Waals surface area contributed by atoms with Gasteiger partial charge in [-0.2, -0.15) is 13.2 Å². The number of hydrogen-bond acceptors (Lipinski definition) is 6. The Morgan fingerprint density at radius 1 is 0.914 bits per heavy atom. The lowest BCUT2D eigenvalue weighted by Gasteiger charge is -2.32. The van der Waals surface area contributed by atoms with Crippen LogP contribution >= 0.6 is 0 Å². The van der Waals surface area contributed by atoms with E-state index in [-0.39, 0.29) is 17.8 Å². The Balaban J connectivity index is 1.64. The van der Waals surface area contributed by atoms with Crippen molar-refractivity contribution in [3.8, 4) is 17.2 Å². The zero-order valence-electron chi connectivity index (χ0n) is 19.1. The van der Waals surface area contributed by atoms with Crippen molar-refractivity contribution in [1.82, 2.24) is 0 Å². The first-order valence-corrected chi connectivity index (χ1v) is 10.5. The van der Waals surface area contributed by atoms with Crippen LogP contribution in [0.2, 0.25) is 0 Å². The van der Waals surface area contributed by atoms with Crippen LogP contribution in [-0.2, 0) is 6.54 Å². The van der Waals surface area contributed by atoms with Crippen LogP contribution in [0, 0.1) is 0 Å². The van der Waals surface area contributed by atoms with E-state index < -0.39 is 17.9 Å². The lowest BCUT2D eigenvalue weighted by molar-refractivity contribution is -0.0601. The number of carbonyl (C=O) groups is 1. The van der Waals surface area contributed by atoms with Crippen molar-refractivity contribution in [2.24, 2.45) is 4.99 Å². The van der Waals surface area contributed by atoms with Gasteiger partial charge in [0.2, 0.25) is 5.84 Å². The zero-order chi connectivity index (χ0) is 25.2. The number of rotatable bonds is 6. The minimum Gasteiger partial charge on any atom is -0.497 e. The van der Waals surface area contributed by atoms with Gasteiger partial charge in [-0.25, -0.2) is 0 Å². The third kappa shape index (κ3) is 4.86. The summed E-state index contributed by atoms with van der Waals surface area (Å²) in [5, 5.41) is 2.73. The second kappa shape index (κ2) is 9.57. The molecule has 3 aromatic rings. The van der Waals surface area contributed by atoms with Crippen LogP contribution in [0.3, 0.4) is 0 Å². The van der Waals surface area contributed by atoms with E-state index >= 15 is 0 Å². The first-order chi connectivity index (χ1) is 16.7. The molecule has 182 valence electrons. The van der Waals surface area contributed by atoms with Gasteiger partial charge >= 0.3 is 6.18 Å². The maximum atomic E-state index is 13.8. The lowest BCUT2D eigenvalue weighted by Crippen LogP contribution is -2.40. The summed E-state index contributed by atoms with van der Waals surface area (Å²) in [5.41, 5.74) is 1.83. The summed E-state index contributed by atoms with van der Waals surface area (Å²) in [4.78, 5) is 17.7. The topological polar surface area (TPSA) is 72.4 Å². The largest absolute Gasteiger partial charge is 0.497 e. The summed E-state index contributed by atoms with van der Waals surface area (Å²) in [7, 11) is 4.41. The van der Waals surface area contributed by atoms with Gasteiger partial charge in [-0.3, -0.25) is 14.7 Å². The van der Waals surface area contributed by atoms with Gasteiger partial charge in [-0.15, -0.1) is 0 Å². The molecular weight excluding hydrogens is 463 g/mol. The molecule has 0 fully saturated rings. The maximum absolute atomic E-state index is 13.8. The molecule has 0 atom stereocenters. The number of halogens is 3. The molecule has 10 heteroatoms. The van der Waals surface area contributed by atoms with E-state index in [0.29, 0.717) is 34.2 Å². The van der Waals surface area contributed by atoms with E-state index in [4.69, 9.17) is 14.2 Å². The van der Waals surface area contributed by atoms with Crippen molar-refractivity contribution in [1.29, 1.82) is 0 Å². The van der Waals surface area contributed by atoms with Crippen molar-refractivity contribution in [2.45, 2.75) is 12.7 Å². The monoisotopic (exact) mass is 485 g/mol. The minimum atomic E-state index is -4.66. The van der Waals surface area contributed by atoms with Crippen LogP contribution in [0.15, 0.2) is 65.7 Å². The average Bonchev–Trinajstić information content (AvgIpc) is 2.87. The molecule has 0 saturated heterocycles. The first kappa shape index (κ1) is 23.9. The fraction of sp³-hybridized carbons (Fsp3) is 0.200. The Morgan fingerprint density at radius 3 is 2.20 bits per heavy atom. The van der Waals surface area contributed by atoms with E-state index in [1.807, 2.05) is 0 Å². The smallest absolute Gasteiger partial charge is 0.449 e. The van der Waals surface area contributed by atoms with Crippen molar-refractivity contribution in [2.75, 3.05) is 31.5 Å². The Labute approximate surface area is 199 Å². The highest BCUT2D eigenvalue weighted by Crippen LogP contribution is 2.39. The van der Waals surface area contributed by atoms with Gasteiger partial charge in [0.25, 0.3) is 5.91 Å². The number of benzene rings is 3. The molecule has 1 aliphatic heterocycles. The molecule has 7 nitrogen and oxygen atoms in total. The van der Waals surface area contributed by atoms with Gasteiger partial charge in [-0.1, -0.05) is 0 Å². The number of alkyl halides is 3. The van der Waals surface area contributed by atoms with Crippen LogP contribution in [0.4, 0.5) is 30.2 Å². The van der Waals surface area contributed by atoms with Crippen LogP contribution < -0.4 is 24.4 Å². The summed E-state index contributed by atoms with van der Waals surface area (Å²) in [6.45, 7) is -0.117. The molecule has 0 aromatic heterocycles. The highest BCUT2D eigenvalue weighted by molar-refractivity contribution is 6.09. The van der Waals surface area contributed by atoms with Crippen LogP contribution in [-0.4, -0.2) is 39.2 Å². The van der Waals surface area contributed by atoms with E-state index in [1.54, 1.807) is 30.3 Å². The van der Waals surface area contributed by atoms with E-state index in [2.05, 4.69) is 10.3 Å². The summed E-state index contributed by atoms with van der Waals surface area (Å²) in [5.74, 6) is -0.119. The number of ether oxygens (including phenoxy) is 3. The van der Waals surface area contributed by atoms with Gasteiger partial charge in [0.15, 0.2) is 0 Å². The van der Waals surface area contributed by atoms with Gasteiger partial charge in [0, 0.05) is 16.9 Å². The predicted octanol–water partition coefficient (Wildman–Crippen LogP) is 5.58. The number of carbonyl (C=O) groups excluding carboxylic acids is 1. The molecule has 0 radical (unpaired) electrons. The van der Waals surface area contributed by atoms with Crippen molar-refractivity contribution in [3.63, 3.8) is 0 Å². The number of amidine groups is 1. The SMILES string of the molecule is COc1ccc2c(c1)CN=C(C(F)(F)F)N2c1ccc(NC(=O)c2cc(OC)ccc2OC)cc1. The molecule has 1 aliphatic rings. The summed E-state index contributed by atoms with van der Waals surface area (Å²) < 4.78 is 57.0. The number of anilines is 3. The quantitative estimate of drug-likeness (QED) is 0.494. The van der Waals surface area contributed by atoms with E-state index in [9.17, 15) is 18.0 Å². The Kier molecular flexibility index (Phi) is 6.54. The van der Waals surface area contributed by atoms with Gasteiger partial charge in [-0.05, 0) is 60.7 Å². The lowest BCUT2D eigenvalue weighted by atomic mass is 10.1. The molecule has 0 bridgehead atoms. The number of hydrogen-bond donors (Lipinski definition) is 1. The van der Waals surface area contributed by atoms with E-state index in [1.165, 1.54) is 51.7 Å². The van der Waals surface area contributed by atoms with Gasteiger partial charge in [0.1, 0.15) is 17.2 Å². The maximum Gasteiger partial charge on any atom is 0.449 e. The summed E-state index contributed by atoms with van der Waals surface area (Å²) in [6.07, 6.45) is -4.66. The van der Waals surface area contributed by atoms with Crippen LogP contribution in [0.5, 0.6) is 17.2 Å². The second-order valence-electron chi connectivity index (χ2n) is 7.53. The zero-order valence-corrected chi connectivity index (χ0v) is 19.1. The van der Waals surface area contributed by atoms with E-state index in [0.717, 1.165) is 4.90 Å². The van der Waals surface area contributed by atoms with Crippen molar-refractivity contribution in [3.05, 3.63) is 71.8 Å². The molecule has 35 heavy (non-hydrogen) atoms. The molecule has 0 unspecified atom stereocenters. The third-order valence-corrected chi connectivity index (χ3v) is 5.43. The number of fused-ring (bicyclic) bond motifs is 1. The number of nitrogens with one attached hydrogen (secondary N) is 1. The number of amides is 1. The Hall–Kier alpha value is -4.21. The van der Waals surface area contributed by atoms with Gasteiger partial charge < -0.3 is 19.5 Å². The Morgan fingerprint density at radius 2 is 1.57 bits per heavy atom. The summed E-state index contributed by atoms with van der Waals surface area (Å²) >= 11 is 0. The highest BCUT2D eigenvalue weighted by Gasteiger charge is 2.43. The van der Waals surface area contributed by atoms with Crippen molar-refractivity contribution >= 4 is 28.8 Å². The third-order valence-electron chi connectivity index (χ3n) is 5.43.